The fourth-order valence-electron chi connectivity index (χ4n) is 3.41. The molecular formula is C25H32N4O6S. The van der Waals surface area contributed by atoms with Crippen LogP contribution in [0.3, 0.4) is 0 Å². The number of hydrogen-bond acceptors (Lipinski definition) is 7. The first-order valence-corrected chi connectivity index (χ1v) is 12.0. The lowest BCUT2D eigenvalue weighted by atomic mass is 10.0. The number of carboxylic acid groups (broad SMARTS) is 1. The van der Waals surface area contributed by atoms with Gasteiger partial charge < -0.3 is 31.9 Å². The van der Waals surface area contributed by atoms with Crippen LogP contribution in [-0.4, -0.2) is 69.9 Å². The van der Waals surface area contributed by atoms with Crippen molar-refractivity contribution in [2.45, 2.75) is 50.0 Å². The van der Waals surface area contributed by atoms with Crippen molar-refractivity contribution < 1.29 is 29.4 Å². The SMILES string of the molecule is CC(O)C(NC(=O)C(CS)NC(=O)C(Cc1ccccc1)NC(=O)C(N)Cc1ccccc1)C(=O)O. The van der Waals surface area contributed by atoms with Crippen LogP contribution in [0.25, 0.3) is 0 Å². The van der Waals surface area contributed by atoms with Gasteiger partial charge in [0.15, 0.2) is 6.04 Å². The van der Waals surface area contributed by atoms with Gasteiger partial charge in [0.1, 0.15) is 12.1 Å². The van der Waals surface area contributed by atoms with Gasteiger partial charge in [-0.1, -0.05) is 60.7 Å². The molecule has 0 heterocycles. The minimum absolute atomic E-state index is 0.128. The molecule has 0 saturated heterocycles. The zero-order valence-corrected chi connectivity index (χ0v) is 20.7. The van der Waals surface area contributed by atoms with Gasteiger partial charge in [-0.2, -0.15) is 12.6 Å². The van der Waals surface area contributed by atoms with E-state index in [4.69, 9.17) is 5.73 Å². The van der Waals surface area contributed by atoms with Gasteiger partial charge in [-0.25, -0.2) is 4.79 Å². The van der Waals surface area contributed by atoms with Crippen molar-refractivity contribution in [3.8, 4) is 0 Å². The number of hydrogen-bond donors (Lipinski definition) is 7. The maximum absolute atomic E-state index is 13.1. The molecule has 0 bridgehead atoms. The molecule has 7 N–H and O–H groups in total. The molecule has 0 radical (unpaired) electrons. The van der Waals surface area contributed by atoms with Gasteiger partial charge in [0, 0.05) is 12.2 Å². The van der Waals surface area contributed by atoms with Gasteiger partial charge in [-0.3, -0.25) is 14.4 Å². The Hall–Kier alpha value is -3.41. The molecule has 3 amide bonds. The number of nitrogens with two attached hydrogens (primary N) is 1. The average molecular weight is 517 g/mol. The van der Waals surface area contributed by atoms with Crippen LogP contribution in [0.4, 0.5) is 0 Å². The predicted molar refractivity (Wildman–Crippen MR) is 137 cm³/mol. The molecule has 10 nitrogen and oxygen atoms in total. The van der Waals surface area contributed by atoms with Crippen LogP contribution < -0.4 is 21.7 Å². The number of amides is 3. The normalized spacial score (nSPS) is 15.0. The minimum atomic E-state index is -1.56. The van der Waals surface area contributed by atoms with E-state index in [1.807, 2.05) is 36.4 Å². The smallest absolute Gasteiger partial charge is 0.328 e. The molecule has 11 heteroatoms. The maximum Gasteiger partial charge on any atom is 0.328 e. The number of rotatable bonds is 13. The molecule has 36 heavy (non-hydrogen) atoms. The number of benzene rings is 2. The number of thiol groups is 1. The van der Waals surface area contributed by atoms with E-state index in [9.17, 15) is 29.4 Å². The Balaban J connectivity index is 2.14. The molecule has 0 spiro atoms. The van der Waals surface area contributed by atoms with E-state index in [0.29, 0.717) is 0 Å². The number of aliphatic carboxylic acids is 1. The molecule has 0 aliphatic carbocycles. The van der Waals surface area contributed by atoms with Crippen LogP contribution in [0.1, 0.15) is 18.1 Å². The topological polar surface area (TPSA) is 171 Å². The summed E-state index contributed by atoms with van der Waals surface area (Å²) in [5, 5.41) is 26.2. The van der Waals surface area contributed by atoms with Crippen molar-refractivity contribution in [1.29, 1.82) is 0 Å². The van der Waals surface area contributed by atoms with Gasteiger partial charge in [0.25, 0.3) is 0 Å². The third-order valence-corrected chi connectivity index (χ3v) is 5.78. The van der Waals surface area contributed by atoms with Crippen molar-refractivity contribution in [2.24, 2.45) is 5.73 Å². The first kappa shape index (κ1) is 28.8. The van der Waals surface area contributed by atoms with Gasteiger partial charge in [-0.05, 0) is 24.5 Å². The zero-order valence-electron chi connectivity index (χ0n) is 19.8. The average Bonchev–Trinajstić information content (AvgIpc) is 2.85. The largest absolute Gasteiger partial charge is 0.480 e. The Kier molecular flexibility index (Phi) is 11.4. The fourth-order valence-corrected chi connectivity index (χ4v) is 3.66. The van der Waals surface area contributed by atoms with Crippen LogP contribution in [0.15, 0.2) is 60.7 Å². The van der Waals surface area contributed by atoms with Crippen molar-refractivity contribution in [2.75, 3.05) is 5.75 Å². The lowest BCUT2D eigenvalue weighted by Gasteiger charge is -2.25. The molecule has 2 aromatic rings. The third-order valence-electron chi connectivity index (χ3n) is 5.41. The summed E-state index contributed by atoms with van der Waals surface area (Å²) < 4.78 is 0. The summed E-state index contributed by atoms with van der Waals surface area (Å²) in [5.41, 5.74) is 7.71. The van der Waals surface area contributed by atoms with Gasteiger partial charge in [0.05, 0.1) is 12.1 Å². The number of carbonyl (C=O) groups is 4. The summed E-state index contributed by atoms with van der Waals surface area (Å²) >= 11 is 4.09. The summed E-state index contributed by atoms with van der Waals surface area (Å²) in [6.45, 7) is 1.22. The Labute approximate surface area is 215 Å². The molecule has 0 aliphatic heterocycles. The predicted octanol–water partition coefficient (Wildman–Crippen LogP) is -0.351. The molecule has 0 aromatic heterocycles. The van der Waals surface area contributed by atoms with E-state index in [1.165, 1.54) is 6.92 Å². The first-order valence-electron chi connectivity index (χ1n) is 11.4. The number of carboxylic acids is 1. The van der Waals surface area contributed by atoms with Crippen molar-refractivity contribution in [1.82, 2.24) is 16.0 Å². The monoisotopic (exact) mass is 516 g/mol. The maximum atomic E-state index is 13.1. The quantitative estimate of drug-likeness (QED) is 0.178. The number of carbonyl (C=O) groups excluding carboxylic acids is 3. The van der Waals surface area contributed by atoms with Gasteiger partial charge in [-0.15, -0.1) is 0 Å². The zero-order chi connectivity index (χ0) is 26.7. The van der Waals surface area contributed by atoms with E-state index in [1.54, 1.807) is 24.3 Å². The van der Waals surface area contributed by atoms with E-state index in [0.717, 1.165) is 11.1 Å². The fraction of sp³-hybridized carbons (Fsp3) is 0.360. The Bertz CT molecular complexity index is 1020. The van der Waals surface area contributed by atoms with E-state index >= 15 is 0 Å². The Morgan fingerprint density at radius 1 is 0.806 bits per heavy atom. The Morgan fingerprint density at radius 3 is 1.75 bits per heavy atom. The summed E-state index contributed by atoms with van der Waals surface area (Å²) in [4.78, 5) is 49.9. The van der Waals surface area contributed by atoms with Crippen LogP contribution in [0.5, 0.6) is 0 Å². The number of nitrogens with one attached hydrogen (secondary N) is 3. The minimum Gasteiger partial charge on any atom is -0.480 e. The lowest BCUT2D eigenvalue weighted by molar-refractivity contribution is -0.145. The molecular weight excluding hydrogens is 484 g/mol. The second-order valence-corrected chi connectivity index (χ2v) is 8.72. The highest BCUT2D eigenvalue weighted by atomic mass is 32.1. The Morgan fingerprint density at radius 2 is 1.28 bits per heavy atom. The standard InChI is InChI=1S/C25H32N4O6S/c1-15(30)21(25(34)35)29-24(33)20(14-36)28-23(32)19(13-17-10-6-3-7-11-17)27-22(31)18(26)12-16-8-4-2-5-9-16/h2-11,15,18-21,30,36H,12-14,26H2,1H3,(H,27,31)(H,28,32)(H,29,33)(H,34,35). The van der Waals surface area contributed by atoms with Gasteiger partial charge in [0.2, 0.25) is 17.7 Å². The van der Waals surface area contributed by atoms with Crippen LogP contribution >= 0.6 is 12.6 Å². The number of aliphatic hydroxyl groups is 1. The third kappa shape index (κ3) is 8.99. The highest BCUT2D eigenvalue weighted by molar-refractivity contribution is 7.80. The van der Waals surface area contributed by atoms with E-state index in [-0.39, 0.29) is 18.6 Å². The first-order chi connectivity index (χ1) is 17.1. The van der Waals surface area contributed by atoms with Crippen molar-refractivity contribution >= 4 is 36.3 Å². The summed E-state index contributed by atoms with van der Waals surface area (Å²) in [6, 6.07) is 13.4. The lowest BCUT2D eigenvalue weighted by Crippen LogP contribution is -2.59. The molecule has 194 valence electrons. The van der Waals surface area contributed by atoms with E-state index < -0.39 is 54.0 Å². The van der Waals surface area contributed by atoms with Crippen LogP contribution in [0.2, 0.25) is 0 Å². The second-order valence-electron chi connectivity index (χ2n) is 8.36. The van der Waals surface area contributed by atoms with Crippen molar-refractivity contribution in [3.05, 3.63) is 71.8 Å². The molecule has 2 rings (SSSR count). The van der Waals surface area contributed by atoms with Gasteiger partial charge >= 0.3 is 5.97 Å². The summed E-state index contributed by atoms with van der Waals surface area (Å²) in [6.07, 6.45) is -0.967. The highest BCUT2D eigenvalue weighted by Gasteiger charge is 2.31. The number of aliphatic hydroxyl groups excluding tert-OH is 1. The molecule has 5 atom stereocenters. The molecule has 2 aromatic carbocycles. The highest BCUT2D eigenvalue weighted by Crippen LogP contribution is 2.07. The summed E-state index contributed by atoms with van der Waals surface area (Å²) in [7, 11) is 0. The summed E-state index contributed by atoms with van der Waals surface area (Å²) in [5.74, 6) is -3.62. The van der Waals surface area contributed by atoms with Crippen molar-refractivity contribution in [3.63, 3.8) is 0 Å². The van der Waals surface area contributed by atoms with Crippen LogP contribution in [0, 0.1) is 0 Å². The molecule has 0 aliphatic rings. The van der Waals surface area contributed by atoms with E-state index in [2.05, 4.69) is 28.6 Å². The molecule has 0 saturated carbocycles. The second kappa shape index (κ2) is 14.2. The molecule has 5 unspecified atom stereocenters. The van der Waals surface area contributed by atoms with Crippen LogP contribution in [-0.2, 0) is 32.0 Å². The molecule has 0 fully saturated rings.